The maximum absolute atomic E-state index is 13.3. The predicted octanol–water partition coefficient (Wildman–Crippen LogP) is 3.78. The largest absolute Gasteiger partial charge is 0.399 e. The van der Waals surface area contributed by atoms with Crippen molar-refractivity contribution in [3.05, 3.63) is 70.8 Å². The third-order valence-electron chi connectivity index (χ3n) is 3.53. The fourth-order valence-corrected chi connectivity index (χ4v) is 2.73. The Labute approximate surface area is 108 Å². The molecule has 0 atom stereocenters. The summed E-state index contributed by atoms with van der Waals surface area (Å²) < 4.78 is 40.0. The van der Waals surface area contributed by atoms with Crippen LogP contribution >= 0.6 is 0 Å². The molecule has 0 unspecified atom stereocenters. The molecule has 0 spiro atoms. The average Bonchev–Trinajstić information content (AvgIpc) is 2.38. The van der Waals surface area contributed by atoms with Crippen LogP contribution in [0.5, 0.6) is 0 Å². The first-order chi connectivity index (χ1) is 9.00. The summed E-state index contributed by atoms with van der Waals surface area (Å²) in [7, 11) is 0. The van der Waals surface area contributed by atoms with E-state index in [1.165, 1.54) is 12.1 Å². The summed E-state index contributed by atoms with van der Waals surface area (Å²) in [5.41, 5.74) is 0.953. The number of aliphatic hydroxyl groups is 1. The van der Waals surface area contributed by atoms with Crippen molar-refractivity contribution in [3.63, 3.8) is 0 Å². The van der Waals surface area contributed by atoms with Gasteiger partial charge in [0.25, 0.3) is 0 Å². The Bertz CT molecular complexity index is 571. The zero-order chi connectivity index (χ0) is 13.6. The minimum atomic E-state index is -4.37. The highest BCUT2D eigenvalue weighted by Gasteiger charge is 2.47. The van der Waals surface area contributed by atoms with Gasteiger partial charge in [0, 0.05) is 0 Å². The lowest BCUT2D eigenvalue weighted by Gasteiger charge is -2.32. The van der Waals surface area contributed by atoms with E-state index in [1.807, 2.05) is 0 Å². The van der Waals surface area contributed by atoms with Crippen molar-refractivity contribution in [2.24, 2.45) is 0 Å². The molecule has 1 nitrogen and oxygen atoms in total. The predicted molar refractivity (Wildman–Crippen MR) is 64.8 cm³/mol. The Balaban J connectivity index is 2.30. The SMILES string of the molecule is OC1c2ccccc2C(C(F)(F)F)c2ccccc21. The smallest absolute Gasteiger partial charge is 0.384 e. The number of hydrogen-bond acceptors (Lipinski definition) is 1. The second-order valence-corrected chi connectivity index (χ2v) is 4.63. The third-order valence-corrected chi connectivity index (χ3v) is 3.53. The minimum absolute atomic E-state index is 0.140. The van der Waals surface area contributed by atoms with Crippen LogP contribution in [0.3, 0.4) is 0 Å². The Morgan fingerprint density at radius 2 is 1.11 bits per heavy atom. The Morgan fingerprint density at radius 1 is 0.737 bits per heavy atom. The minimum Gasteiger partial charge on any atom is -0.384 e. The van der Waals surface area contributed by atoms with E-state index < -0.39 is 18.2 Å². The first-order valence-electron chi connectivity index (χ1n) is 5.92. The second-order valence-electron chi connectivity index (χ2n) is 4.63. The van der Waals surface area contributed by atoms with Crippen molar-refractivity contribution in [1.82, 2.24) is 0 Å². The van der Waals surface area contributed by atoms with Crippen LogP contribution in [0, 0.1) is 0 Å². The zero-order valence-corrected chi connectivity index (χ0v) is 9.85. The van der Waals surface area contributed by atoms with Crippen LogP contribution in [0.2, 0.25) is 0 Å². The van der Waals surface area contributed by atoms with Crippen LogP contribution in [-0.2, 0) is 0 Å². The van der Waals surface area contributed by atoms with Gasteiger partial charge in [-0.15, -0.1) is 0 Å². The summed E-state index contributed by atoms with van der Waals surface area (Å²) >= 11 is 0. The molecule has 0 aliphatic heterocycles. The number of benzene rings is 2. The third kappa shape index (κ3) is 1.83. The number of alkyl halides is 3. The summed E-state index contributed by atoms with van der Waals surface area (Å²) in [5, 5.41) is 10.2. The van der Waals surface area contributed by atoms with E-state index in [1.54, 1.807) is 36.4 Å². The highest BCUT2D eigenvalue weighted by Crippen LogP contribution is 2.49. The maximum Gasteiger partial charge on any atom is 0.399 e. The molecule has 98 valence electrons. The van der Waals surface area contributed by atoms with E-state index in [4.69, 9.17) is 0 Å². The molecule has 0 fully saturated rings. The van der Waals surface area contributed by atoms with Crippen LogP contribution in [-0.4, -0.2) is 11.3 Å². The lowest BCUT2D eigenvalue weighted by Crippen LogP contribution is -2.28. The van der Waals surface area contributed by atoms with Crippen LogP contribution < -0.4 is 0 Å². The lowest BCUT2D eigenvalue weighted by molar-refractivity contribution is -0.142. The molecule has 2 aromatic rings. The standard InChI is InChI=1S/C15H11F3O/c16-15(17,18)13-9-5-1-3-7-11(9)14(19)12-8-4-2-6-10(12)13/h1-8,13-14,19H. The van der Waals surface area contributed by atoms with Crippen molar-refractivity contribution >= 4 is 0 Å². The molecule has 1 aliphatic rings. The van der Waals surface area contributed by atoms with Crippen LogP contribution in [0.4, 0.5) is 13.2 Å². The van der Waals surface area contributed by atoms with Gasteiger partial charge in [-0.2, -0.15) is 13.2 Å². The topological polar surface area (TPSA) is 20.2 Å². The van der Waals surface area contributed by atoms with Gasteiger partial charge in [-0.05, 0) is 22.3 Å². The van der Waals surface area contributed by atoms with Gasteiger partial charge in [-0.1, -0.05) is 48.5 Å². The first kappa shape index (κ1) is 12.2. The van der Waals surface area contributed by atoms with Crippen molar-refractivity contribution in [3.8, 4) is 0 Å². The summed E-state index contributed by atoms with van der Waals surface area (Å²) in [6.45, 7) is 0. The van der Waals surface area contributed by atoms with Crippen molar-refractivity contribution in [1.29, 1.82) is 0 Å². The van der Waals surface area contributed by atoms with Gasteiger partial charge < -0.3 is 5.11 Å². The van der Waals surface area contributed by atoms with Crippen LogP contribution in [0.1, 0.15) is 34.3 Å². The molecule has 0 saturated heterocycles. The van der Waals surface area contributed by atoms with Crippen molar-refractivity contribution in [2.45, 2.75) is 18.2 Å². The van der Waals surface area contributed by atoms with Gasteiger partial charge in [0.05, 0.1) is 0 Å². The molecular formula is C15H11F3O. The Morgan fingerprint density at radius 3 is 1.47 bits per heavy atom. The molecule has 19 heavy (non-hydrogen) atoms. The molecule has 0 saturated carbocycles. The number of halogens is 3. The molecule has 2 aromatic carbocycles. The second kappa shape index (κ2) is 4.10. The molecule has 3 rings (SSSR count). The number of rotatable bonds is 0. The quantitative estimate of drug-likeness (QED) is 0.767. The van der Waals surface area contributed by atoms with Gasteiger partial charge in [-0.25, -0.2) is 0 Å². The number of hydrogen-bond donors (Lipinski definition) is 1. The normalized spacial score (nSPS) is 21.7. The maximum atomic E-state index is 13.3. The van der Waals surface area contributed by atoms with Crippen molar-refractivity contribution < 1.29 is 18.3 Å². The van der Waals surface area contributed by atoms with E-state index in [0.717, 1.165) is 0 Å². The van der Waals surface area contributed by atoms with E-state index in [-0.39, 0.29) is 11.1 Å². The van der Waals surface area contributed by atoms with Crippen molar-refractivity contribution in [2.75, 3.05) is 0 Å². The molecular weight excluding hydrogens is 253 g/mol. The summed E-state index contributed by atoms with van der Waals surface area (Å²) in [6.07, 6.45) is -5.36. The number of aliphatic hydroxyl groups excluding tert-OH is 1. The van der Waals surface area contributed by atoms with Gasteiger partial charge in [0.1, 0.15) is 12.0 Å². The van der Waals surface area contributed by atoms with Gasteiger partial charge >= 0.3 is 6.18 Å². The zero-order valence-electron chi connectivity index (χ0n) is 9.85. The molecule has 1 aliphatic carbocycles. The van der Waals surface area contributed by atoms with Gasteiger partial charge in [0.15, 0.2) is 0 Å². The van der Waals surface area contributed by atoms with Gasteiger partial charge in [0.2, 0.25) is 0 Å². The fourth-order valence-electron chi connectivity index (χ4n) is 2.73. The molecule has 0 aromatic heterocycles. The summed E-state index contributed by atoms with van der Waals surface area (Å²) in [6, 6.07) is 12.4. The van der Waals surface area contributed by atoms with E-state index in [0.29, 0.717) is 11.1 Å². The molecule has 1 N–H and O–H groups in total. The molecule has 0 bridgehead atoms. The monoisotopic (exact) mass is 264 g/mol. The van der Waals surface area contributed by atoms with Crippen LogP contribution in [0.25, 0.3) is 0 Å². The molecule has 0 heterocycles. The van der Waals surface area contributed by atoms with E-state index in [9.17, 15) is 18.3 Å². The highest BCUT2D eigenvalue weighted by molar-refractivity contribution is 5.52. The highest BCUT2D eigenvalue weighted by atomic mass is 19.4. The van der Waals surface area contributed by atoms with Crippen LogP contribution in [0.15, 0.2) is 48.5 Å². The van der Waals surface area contributed by atoms with E-state index >= 15 is 0 Å². The summed E-state index contributed by atoms with van der Waals surface area (Å²) in [4.78, 5) is 0. The molecule has 0 radical (unpaired) electrons. The fraction of sp³-hybridized carbons (Fsp3) is 0.200. The van der Waals surface area contributed by atoms with Gasteiger partial charge in [-0.3, -0.25) is 0 Å². The molecule has 0 amide bonds. The Hall–Kier alpha value is -1.81. The van der Waals surface area contributed by atoms with E-state index in [2.05, 4.69) is 0 Å². The summed E-state index contributed by atoms with van der Waals surface area (Å²) in [5.74, 6) is -1.66. The Kier molecular flexibility index (Phi) is 2.64. The number of fused-ring (bicyclic) bond motifs is 2. The first-order valence-corrected chi connectivity index (χ1v) is 5.92. The average molecular weight is 264 g/mol. The molecule has 4 heteroatoms. The lowest BCUT2D eigenvalue weighted by atomic mass is 9.76.